The van der Waals surface area contributed by atoms with Crippen LogP contribution in [0.2, 0.25) is 0 Å². The molecule has 6 nitrogen and oxygen atoms in total. The SMILES string of the molecule is CCCN(C)CCC(=O)O.NC(=O)N1CCCCC1. The largest absolute Gasteiger partial charge is 0.481 e. The molecule has 112 valence electrons. The van der Waals surface area contributed by atoms with E-state index >= 15 is 0 Å². The quantitative estimate of drug-likeness (QED) is 0.791. The fraction of sp³-hybridized carbons (Fsp3) is 0.846. The summed E-state index contributed by atoms with van der Waals surface area (Å²) >= 11 is 0. The first kappa shape index (κ1) is 17.7. The first-order chi connectivity index (χ1) is 8.97. The van der Waals surface area contributed by atoms with E-state index in [1.807, 2.05) is 11.9 Å². The van der Waals surface area contributed by atoms with Gasteiger partial charge in [0.2, 0.25) is 0 Å². The van der Waals surface area contributed by atoms with Crippen LogP contribution in [0.5, 0.6) is 0 Å². The van der Waals surface area contributed by atoms with Crippen LogP contribution in [0.15, 0.2) is 0 Å². The van der Waals surface area contributed by atoms with E-state index < -0.39 is 5.97 Å². The zero-order valence-corrected chi connectivity index (χ0v) is 12.1. The van der Waals surface area contributed by atoms with E-state index in [1.54, 1.807) is 4.90 Å². The Hall–Kier alpha value is -1.30. The minimum Gasteiger partial charge on any atom is -0.481 e. The number of carboxylic acids is 1. The van der Waals surface area contributed by atoms with E-state index in [-0.39, 0.29) is 12.5 Å². The van der Waals surface area contributed by atoms with Gasteiger partial charge < -0.3 is 20.6 Å². The molecule has 1 aliphatic heterocycles. The fourth-order valence-corrected chi connectivity index (χ4v) is 1.89. The summed E-state index contributed by atoms with van der Waals surface area (Å²) < 4.78 is 0. The molecule has 19 heavy (non-hydrogen) atoms. The van der Waals surface area contributed by atoms with Crippen molar-refractivity contribution in [1.82, 2.24) is 9.80 Å². The maximum atomic E-state index is 10.5. The second-order valence-corrected chi connectivity index (χ2v) is 4.83. The Morgan fingerprint density at radius 1 is 1.21 bits per heavy atom. The number of piperidine rings is 1. The first-order valence-corrected chi connectivity index (χ1v) is 6.92. The van der Waals surface area contributed by atoms with Gasteiger partial charge in [0.1, 0.15) is 0 Å². The van der Waals surface area contributed by atoms with Crippen molar-refractivity contribution in [2.45, 2.75) is 39.0 Å². The lowest BCUT2D eigenvalue weighted by molar-refractivity contribution is -0.137. The summed E-state index contributed by atoms with van der Waals surface area (Å²) in [7, 11) is 1.94. The van der Waals surface area contributed by atoms with E-state index in [9.17, 15) is 9.59 Å². The average Bonchev–Trinajstić information content (AvgIpc) is 2.38. The van der Waals surface area contributed by atoms with Crippen LogP contribution in [0, 0.1) is 0 Å². The first-order valence-electron chi connectivity index (χ1n) is 6.92. The number of nitrogens with zero attached hydrogens (tertiary/aromatic N) is 2. The molecule has 0 unspecified atom stereocenters. The molecule has 0 aromatic rings. The smallest absolute Gasteiger partial charge is 0.314 e. The number of carbonyl (C=O) groups is 2. The number of carbonyl (C=O) groups excluding carboxylic acids is 1. The number of rotatable bonds is 5. The molecule has 1 aliphatic rings. The molecular weight excluding hydrogens is 246 g/mol. The van der Waals surface area contributed by atoms with Crippen molar-refractivity contribution < 1.29 is 14.7 Å². The maximum absolute atomic E-state index is 10.5. The highest BCUT2D eigenvalue weighted by Crippen LogP contribution is 2.07. The number of amides is 2. The summed E-state index contributed by atoms with van der Waals surface area (Å²) in [4.78, 5) is 24.3. The van der Waals surface area contributed by atoms with E-state index in [0.29, 0.717) is 6.54 Å². The molecule has 0 saturated carbocycles. The van der Waals surface area contributed by atoms with Gasteiger partial charge in [0.15, 0.2) is 0 Å². The van der Waals surface area contributed by atoms with Gasteiger partial charge in [-0.3, -0.25) is 4.79 Å². The monoisotopic (exact) mass is 273 g/mol. The Morgan fingerprint density at radius 2 is 1.79 bits per heavy atom. The molecular formula is C13H27N3O3. The molecule has 6 heteroatoms. The van der Waals surface area contributed by atoms with Gasteiger partial charge in [0.25, 0.3) is 0 Å². The standard InChI is InChI=1S/C7H15NO2.C6H12N2O/c1-3-5-8(2)6-4-7(9)10;7-6(9)8-4-2-1-3-5-8/h3-6H2,1-2H3,(H,9,10);1-5H2,(H2,7,9). The minimum absolute atomic E-state index is 0.247. The maximum Gasteiger partial charge on any atom is 0.314 e. The lowest BCUT2D eigenvalue weighted by Gasteiger charge is -2.24. The molecule has 0 aliphatic carbocycles. The molecule has 0 bridgehead atoms. The normalized spacial score (nSPS) is 14.8. The fourth-order valence-electron chi connectivity index (χ4n) is 1.89. The topological polar surface area (TPSA) is 86.9 Å². The van der Waals surface area contributed by atoms with E-state index in [4.69, 9.17) is 10.8 Å². The number of primary amides is 1. The van der Waals surface area contributed by atoms with Crippen LogP contribution in [-0.2, 0) is 4.79 Å². The summed E-state index contributed by atoms with van der Waals surface area (Å²) in [5.41, 5.74) is 5.05. The molecule has 0 atom stereocenters. The zero-order chi connectivity index (χ0) is 14.7. The number of hydrogen-bond donors (Lipinski definition) is 2. The summed E-state index contributed by atoms with van der Waals surface area (Å²) in [6.07, 6.45) is 4.79. The highest BCUT2D eigenvalue weighted by atomic mass is 16.4. The second-order valence-electron chi connectivity index (χ2n) is 4.83. The van der Waals surface area contributed by atoms with Crippen LogP contribution in [0.4, 0.5) is 4.79 Å². The summed E-state index contributed by atoms with van der Waals surface area (Å²) in [5, 5.41) is 8.30. The third-order valence-electron chi connectivity index (χ3n) is 2.98. The Kier molecular flexibility index (Phi) is 9.88. The van der Waals surface area contributed by atoms with E-state index in [1.165, 1.54) is 6.42 Å². The van der Waals surface area contributed by atoms with Crippen LogP contribution >= 0.6 is 0 Å². The zero-order valence-electron chi connectivity index (χ0n) is 12.1. The Morgan fingerprint density at radius 3 is 2.16 bits per heavy atom. The van der Waals surface area contributed by atoms with Crippen molar-refractivity contribution in [3.63, 3.8) is 0 Å². The Balaban J connectivity index is 0.000000342. The Bertz CT molecular complexity index is 266. The van der Waals surface area contributed by atoms with Crippen LogP contribution in [0.25, 0.3) is 0 Å². The third-order valence-corrected chi connectivity index (χ3v) is 2.98. The lowest BCUT2D eigenvalue weighted by atomic mass is 10.1. The minimum atomic E-state index is -0.719. The van der Waals surface area contributed by atoms with Gasteiger partial charge in [-0.25, -0.2) is 4.79 Å². The number of urea groups is 1. The van der Waals surface area contributed by atoms with Crippen LogP contribution in [0.1, 0.15) is 39.0 Å². The van der Waals surface area contributed by atoms with Gasteiger partial charge in [-0.15, -0.1) is 0 Å². The summed E-state index contributed by atoms with van der Waals surface area (Å²) in [6.45, 7) is 5.43. The van der Waals surface area contributed by atoms with Gasteiger partial charge in [0.05, 0.1) is 6.42 Å². The van der Waals surface area contributed by atoms with E-state index in [0.717, 1.165) is 38.9 Å². The van der Waals surface area contributed by atoms with Gasteiger partial charge in [-0.1, -0.05) is 6.92 Å². The highest BCUT2D eigenvalue weighted by Gasteiger charge is 2.11. The van der Waals surface area contributed by atoms with Gasteiger partial charge in [0, 0.05) is 19.6 Å². The number of carboxylic acid groups (broad SMARTS) is 1. The number of likely N-dealkylation sites (tertiary alicyclic amines) is 1. The van der Waals surface area contributed by atoms with E-state index in [2.05, 4.69) is 6.92 Å². The van der Waals surface area contributed by atoms with Crippen molar-refractivity contribution in [2.75, 3.05) is 33.2 Å². The van der Waals surface area contributed by atoms with Gasteiger partial charge in [-0.05, 0) is 39.3 Å². The average molecular weight is 273 g/mol. The molecule has 0 aromatic heterocycles. The predicted molar refractivity (Wildman–Crippen MR) is 75.0 cm³/mol. The molecule has 1 heterocycles. The molecule has 0 aromatic carbocycles. The number of nitrogens with two attached hydrogens (primary N) is 1. The van der Waals surface area contributed by atoms with Crippen LogP contribution in [-0.4, -0.2) is 60.1 Å². The van der Waals surface area contributed by atoms with Gasteiger partial charge in [-0.2, -0.15) is 0 Å². The van der Waals surface area contributed by atoms with Crippen molar-refractivity contribution in [2.24, 2.45) is 5.73 Å². The molecule has 0 spiro atoms. The molecule has 1 rings (SSSR count). The number of hydrogen-bond acceptors (Lipinski definition) is 3. The predicted octanol–water partition coefficient (Wildman–Crippen LogP) is 1.35. The lowest BCUT2D eigenvalue weighted by Crippen LogP contribution is -2.39. The Labute approximate surface area is 115 Å². The van der Waals surface area contributed by atoms with Crippen molar-refractivity contribution in [3.8, 4) is 0 Å². The second kappa shape index (κ2) is 10.6. The third kappa shape index (κ3) is 10.3. The molecule has 0 radical (unpaired) electrons. The van der Waals surface area contributed by atoms with Crippen molar-refractivity contribution >= 4 is 12.0 Å². The summed E-state index contributed by atoms with van der Waals surface area (Å²) in [6, 6.07) is -0.269. The van der Waals surface area contributed by atoms with Crippen LogP contribution in [0.3, 0.4) is 0 Å². The molecule has 3 N–H and O–H groups in total. The molecule has 1 fully saturated rings. The summed E-state index contributed by atoms with van der Waals surface area (Å²) in [5.74, 6) is -0.719. The number of aliphatic carboxylic acids is 1. The molecule has 2 amide bonds. The molecule has 1 saturated heterocycles. The highest BCUT2D eigenvalue weighted by molar-refractivity contribution is 5.71. The van der Waals surface area contributed by atoms with Crippen molar-refractivity contribution in [3.05, 3.63) is 0 Å². The van der Waals surface area contributed by atoms with Crippen LogP contribution < -0.4 is 5.73 Å². The van der Waals surface area contributed by atoms with Crippen molar-refractivity contribution in [1.29, 1.82) is 0 Å². The van der Waals surface area contributed by atoms with Gasteiger partial charge >= 0.3 is 12.0 Å².